The SMILES string of the molecule is COc1ccc(OCc2ncon2)c(CNCC(C)C)c1. The van der Waals surface area contributed by atoms with Gasteiger partial charge in [-0.1, -0.05) is 19.0 Å². The first-order valence-electron chi connectivity index (χ1n) is 6.94. The summed E-state index contributed by atoms with van der Waals surface area (Å²) in [6, 6.07) is 5.74. The molecule has 2 aromatic rings. The number of ether oxygens (including phenoxy) is 2. The van der Waals surface area contributed by atoms with Gasteiger partial charge in [0.05, 0.1) is 7.11 Å². The van der Waals surface area contributed by atoms with E-state index in [4.69, 9.17) is 9.47 Å². The van der Waals surface area contributed by atoms with Crippen LogP contribution in [-0.4, -0.2) is 23.8 Å². The zero-order valence-corrected chi connectivity index (χ0v) is 12.6. The molecule has 0 radical (unpaired) electrons. The largest absolute Gasteiger partial charge is 0.497 e. The first-order valence-corrected chi connectivity index (χ1v) is 6.94. The molecule has 0 saturated heterocycles. The quantitative estimate of drug-likeness (QED) is 0.805. The summed E-state index contributed by atoms with van der Waals surface area (Å²) in [6.45, 7) is 6.29. The number of hydrogen-bond acceptors (Lipinski definition) is 6. The molecule has 1 aromatic heterocycles. The molecule has 1 aromatic carbocycles. The lowest BCUT2D eigenvalue weighted by Gasteiger charge is -2.13. The summed E-state index contributed by atoms with van der Waals surface area (Å²) in [5.41, 5.74) is 1.04. The second-order valence-electron chi connectivity index (χ2n) is 5.13. The highest BCUT2D eigenvalue weighted by molar-refractivity contribution is 5.40. The van der Waals surface area contributed by atoms with Crippen LogP contribution in [0.1, 0.15) is 25.2 Å². The average molecular weight is 291 g/mol. The van der Waals surface area contributed by atoms with Crippen molar-refractivity contribution in [2.75, 3.05) is 13.7 Å². The number of rotatable bonds is 8. The van der Waals surface area contributed by atoms with E-state index in [-0.39, 0.29) is 6.61 Å². The maximum absolute atomic E-state index is 5.76. The fourth-order valence-electron chi connectivity index (χ4n) is 1.86. The summed E-state index contributed by atoms with van der Waals surface area (Å²) in [7, 11) is 1.65. The van der Waals surface area contributed by atoms with Crippen molar-refractivity contribution in [2.24, 2.45) is 5.92 Å². The predicted molar refractivity (Wildman–Crippen MR) is 78.2 cm³/mol. The Balaban J connectivity index is 2.03. The van der Waals surface area contributed by atoms with Crippen LogP contribution in [0.5, 0.6) is 11.5 Å². The average Bonchev–Trinajstić information content (AvgIpc) is 2.98. The summed E-state index contributed by atoms with van der Waals surface area (Å²) in [5, 5.41) is 7.13. The molecule has 6 nitrogen and oxygen atoms in total. The maximum Gasteiger partial charge on any atom is 0.213 e. The second-order valence-corrected chi connectivity index (χ2v) is 5.13. The van der Waals surface area contributed by atoms with Gasteiger partial charge in [-0.25, -0.2) is 0 Å². The van der Waals surface area contributed by atoms with Gasteiger partial charge >= 0.3 is 0 Å². The normalized spacial score (nSPS) is 10.9. The van der Waals surface area contributed by atoms with Gasteiger partial charge in [0.15, 0.2) is 6.61 Å². The van der Waals surface area contributed by atoms with Crippen LogP contribution in [-0.2, 0) is 13.2 Å². The Morgan fingerprint density at radius 1 is 1.33 bits per heavy atom. The Hall–Kier alpha value is -2.08. The van der Waals surface area contributed by atoms with Crippen LogP contribution in [0.3, 0.4) is 0 Å². The van der Waals surface area contributed by atoms with Crippen molar-refractivity contribution >= 4 is 0 Å². The number of hydrogen-bond donors (Lipinski definition) is 1. The van der Waals surface area contributed by atoms with Crippen LogP contribution in [0.15, 0.2) is 29.1 Å². The van der Waals surface area contributed by atoms with Gasteiger partial charge in [-0.2, -0.15) is 4.98 Å². The Kier molecular flexibility index (Phi) is 5.57. The Morgan fingerprint density at radius 3 is 2.86 bits per heavy atom. The minimum Gasteiger partial charge on any atom is -0.497 e. The number of aromatic nitrogens is 2. The molecular formula is C15H21N3O3. The van der Waals surface area contributed by atoms with Crippen molar-refractivity contribution in [1.82, 2.24) is 15.5 Å². The maximum atomic E-state index is 5.76. The van der Waals surface area contributed by atoms with Crippen molar-refractivity contribution in [1.29, 1.82) is 0 Å². The highest BCUT2D eigenvalue weighted by Gasteiger charge is 2.08. The van der Waals surface area contributed by atoms with E-state index in [9.17, 15) is 0 Å². The van der Waals surface area contributed by atoms with Crippen LogP contribution in [0.2, 0.25) is 0 Å². The molecule has 0 fully saturated rings. The minimum absolute atomic E-state index is 0.278. The second kappa shape index (κ2) is 7.64. The first-order chi connectivity index (χ1) is 10.2. The first kappa shape index (κ1) is 15.3. The van der Waals surface area contributed by atoms with Crippen LogP contribution in [0, 0.1) is 5.92 Å². The van der Waals surface area contributed by atoms with Crippen molar-refractivity contribution < 1.29 is 14.0 Å². The van der Waals surface area contributed by atoms with Crippen molar-refractivity contribution in [3.05, 3.63) is 36.0 Å². The molecule has 0 aliphatic rings. The van der Waals surface area contributed by atoms with Crippen molar-refractivity contribution in [3.8, 4) is 11.5 Å². The zero-order valence-electron chi connectivity index (χ0n) is 12.6. The van der Waals surface area contributed by atoms with Gasteiger partial charge in [0.25, 0.3) is 0 Å². The van der Waals surface area contributed by atoms with Crippen molar-refractivity contribution in [3.63, 3.8) is 0 Å². The lowest BCUT2D eigenvalue weighted by atomic mass is 10.1. The lowest BCUT2D eigenvalue weighted by molar-refractivity contribution is 0.282. The summed E-state index contributed by atoms with van der Waals surface area (Å²) >= 11 is 0. The fourth-order valence-corrected chi connectivity index (χ4v) is 1.86. The number of nitrogens with zero attached hydrogens (tertiary/aromatic N) is 2. The van der Waals surface area contributed by atoms with Gasteiger partial charge in [-0.05, 0) is 30.7 Å². The number of benzene rings is 1. The predicted octanol–water partition coefficient (Wildman–Crippen LogP) is 2.40. The van der Waals surface area contributed by atoms with Gasteiger partial charge in [-0.15, -0.1) is 0 Å². The molecule has 1 N–H and O–H groups in total. The summed E-state index contributed by atoms with van der Waals surface area (Å²) in [5.74, 6) is 2.71. The van der Waals surface area contributed by atoms with E-state index in [2.05, 4.69) is 33.8 Å². The topological polar surface area (TPSA) is 69.4 Å². The van der Waals surface area contributed by atoms with Gasteiger partial charge < -0.3 is 19.3 Å². The van der Waals surface area contributed by atoms with Gasteiger partial charge in [0, 0.05) is 12.1 Å². The molecule has 0 atom stereocenters. The molecule has 0 spiro atoms. The molecule has 0 bridgehead atoms. The van der Waals surface area contributed by atoms with E-state index in [1.165, 1.54) is 6.39 Å². The van der Waals surface area contributed by atoms with E-state index in [0.29, 0.717) is 11.7 Å². The zero-order chi connectivity index (χ0) is 15.1. The molecule has 1 heterocycles. The monoisotopic (exact) mass is 291 g/mol. The summed E-state index contributed by atoms with van der Waals surface area (Å²) < 4.78 is 15.7. The van der Waals surface area contributed by atoms with Gasteiger partial charge in [0.2, 0.25) is 12.2 Å². The molecule has 2 rings (SSSR count). The van der Waals surface area contributed by atoms with E-state index >= 15 is 0 Å². The van der Waals surface area contributed by atoms with Gasteiger partial charge in [-0.3, -0.25) is 0 Å². The summed E-state index contributed by atoms with van der Waals surface area (Å²) in [6.07, 6.45) is 1.29. The third-order valence-corrected chi connectivity index (χ3v) is 2.90. The smallest absolute Gasteiger partial charge is 0.213 e. The summed E-state index contributed by atoms with van der Waals surface area (Å²) in [4.78, 5) is 3.94. The number of nitrogens with one attached hydrogen (secondary N) is 1. The molecule has 0 aliphatic heterocycles. The Labute approximate surface area is 124 Å². The highest BCUT2D eigenvalue weighted by Crippen LogP contribution is 2.24. The van der Waals surface area contributed by atoms with Crippen LogP contribution >= 0.6 is 0 Å². The molecule has 0 aliphatic carbocycles. The Morgan fingerprint density at radius 2 is 2.19 bits per heavy atom. The highest BCUT2D eigenvalue weighted by atomic mass is 16.5. The fraction of sp³-hybridized carbons (Fsp3) is 0.467. The third-order valence-electron chi connectivity index (χ3n) is 2.90. The van der Waals surface area contributed by atoms with Gasteiger partial charge in [0.1, 0.15) is 11.5 Å². The van der Waals surface area contributed by atoms with E-state index < -0.39 is 0 Å². The van der Waals surface area contributed by atoms with E-state index in [1.807, 2.05) is 18.2 Å². The van der Waals surface area contributed by atoms with E-state index in [1.54, 1.807) is 7.11 Å². The van der Waals surface area contributed by atoms with Crippen molar-refractivity contribution in [2.45, 2.75) is 27.0 Å². The third kappa shape index (κ3) is 4.75. The molecule has 21 heavy (non-hydrogen) atoms. The van der Waals surface area contributed by atoms with E-state index in [0.717, 1.165) is 30.2 Å². The van der Waals surface area contributed by atoms with Crippen LogP contribution in [0.25, 0.3) is 0 Å². The molecule has 0 unspecified atom stereocenters. The Bertz CT molecular complexity index is 541. The molecule has 6 heteroatoms. The molecular weight excluding hydrogens is 270 g/mol. The van der Waals surface area contributed by atoms with Crippen LogP contribution < -0.4 is 14.8 Å². The molecule has 114 valence electrons. The number of methoxy groups -OCH3 is 1. The minimum atomic E-state index is 0.278. The molecule has 0 amide bonds. The van der Waals surface area contributed by atoms with Crippen LogP contribution in [0.4, 0.5) is 0 Å². The standard InChI is InChI=1S/C15H21N3O3/c1-11(2)7-16-8-12-6-13(19-3)4-5-14(12)20-9-15-17-10-21-18-15/h4-6,10-11,16H,7-9H2,1-3H3. The lowest BCUT2D eigenvalue weighted by Crippen LogP contribution is -2.19. The molecule has 0 saturated carbocycles.